The summed E-state index contributed by atoms with van der Waals surface area (Å²) < 4.78 is 26.5. The fourth-order valence-electron chi connectivity index (χ4n) is 2.09. The Bertz CT molecular complexity index is 869. The van der Waals surface area contributed by atoms with Crippen molar-refractivity contribution in [2.24, 2.45) is 0 Å². The Balaban J connectivity index is 2.34. The van der Waals surface area contributed by atoms with E-state index < -0.39 is 14.9 Å². The first-order valence-corrected chi connectivity index (χ1v) is 9.15. The number of halogens is 1. The summed E-state index contributed by atoms with van der Waals surface area (Å²) in [6, 6.07) is 11.2. The highest BCUT2D eigenvalue weighted by Crippen LogP contribution is 2.29. The van der Waals surface area contributed by atoms with Gasteiger partial charge < -0.3 is 5.32 Å². The van der Waals surface area contributed by atoms with Crippen molar-refractivity contribution in [3.05, 3.63) is 62.6 Å². The van der Waals surface area contributed by atoms with E-state index in [1.165, 1.54) is 26.2 Å². The molecule has 0 heterocycles. The molecular formula is C15H16BrN3O4S. The number of rotatable bonds is 6. The lowest BCUT2D eigenvalue weighted by molar-refractivity contribution is -0.384. The molecule has 0 bridgehead atoms. The Morgan fingerprint density at radius 2 is 1.88 bits per heavy atom. The second-order valence-electron chi connectivity index (χ2n) is 5.17. The molecule has 0 aliphatic carbocycles. The smallest absolute Gasteiger partial charge is 0.293 e. The van der Waals surface area contributed by atoms with Crippen LogP contribution in [-0.4, -0.2) is 31.7 Å². The van der Waals surface area contributed by atoms with Gasteiger partial charge in [0.05, 0.1) is 9.82 Å². The fraction of sp³-hybridized carbons (Fsp3) is 0.200. The van der Waals surface area contributed by atoms with Crippen molar-refractivity contribution in [2.45, 2.75) is 11.4 Å². The van der Waals surface area contributed by atoms with Gasteiger partial charge >= 0.3 is 0 Å². The molecule has 0 amide bonds. The van der Waals surface area contributed by atoms with Gasteiger partial charge in [0.25, 0.3) is 5.69 Å². The van der Waals surface area contributed by atoms with Crippen LogP contribution in [0.1, 0.15) is 5.56 Å². The lowest BCUT2D eigenvalue weighted by Gasteiger charge is -2.16. The minimum atomic E-state index is -3.59. The number of benzene rings is 2. The van der Waals surface area contributed by atoms with E-state index in [-0.39, 0.29) is 17.1 Å². The van der Waals surface area contributed by atoms with Crippen molar-refractivity contribution in [3.63, 3.8) is 0 Å². The summed E-state index contributed by atoms with van der Waals surface area (Å²) >= 11 is 3.20. The monoisotopic (exact) mass is 413 g/mol. The number of nitro groups is 1. The molecule has 0 spiro atoms. The zero-order valence-corrected chi connectivity index (χ0v) is 15.5. The van der Waals surface area contributed by atoms with E-state index >= 15 is 0 Å². The number of nitro benzene ring substituents is 1. The summed E-state index contributed by atoms with van der Waals surface area (Å²) in [5.41, 5.74) is 0.765. The summed E-state index contributed by atoms with van der Waals surface area (Å²) in [6.07, 6.45) is 0. The maximum atomic E-state index is 12.4. The first-order chi connectivity index (χ1) is 11.2. The summed E-state index contributed by atoms with van der Waals surface area (Å²) in [4.78, 5) is 10.8. The SMILES string of the molecule is CN(C)S(=O)(=O)c1ccccc1CNc1ccc(Br)cc1[N+](=O)[O-]. The minimum Gasteiger partial charge on any atom is -0.375 e. The second kappa shape index (κ2) is 7.29. The van der Waals surface area contributed by atoms with Crippen molar-refractivity contribution in [2.75, 3.05) is 19.4 Å². The van der Waals surface area contributed by atoms with Crippen molar-refractivity contribution >= 4 is 37.3 Å². The zero-order valence-electron chi connectivity index (χ0n) is 13.1. The minimum absolute atomic E-state index is 0.0858. The van der Waals surface area contributed by atoms with Gasteiger partial charge in [-0.05, 0) is 23.8 Å². The van der Waals surface area contributed by atoms with Gasteiger partial charge in [-0.3, -0.25) is 10.1 Å². The van der Waals surface area contributed by atoms with Crippen LogP contribution in [0.3, 0.4) is 0 Å². The normalized spacial score (nSPS) is 11.5. The molecule has 0 aromatic heterocycles. The summed E-state index contributed by atoms with van der Waals surface area (Å²) in [7, 11) is -0.678. The quantitative estimate of drug-likeness (QED) is 0.579. The molecule has 0 unspecified atom stereocenters. The molecule has 0 fully saturated rings. The van der Waals surface area contributed by atoms with Crippen molar-refractivity contribution < 1.29 is 13.3 Å². The fourth-order valence-corrected chi connectivity index (χ4v) is 3.56. The predicted octanol–water partition coefficient (Wildman–Crippen LogP) is 3.22. The third-order valence-electron chi connectivity index (χ3n) is 3.36. The van der Waals surface area contributed by atoms with Crippen LogP contribution in [0.15, 0.2) is 51.8 Å². The van der Waals surface area contributed by atoms with Crippen LogP contribution in [0.5, 0.6) is 0 Å². The molecule has 2 rings (SSSR count). The predicted molar refractivity (Wildman–Crippen MR) is 95.4 cm³/mol. The number of nitrogens with one attached hydrogen (secondary N) is 1. The first-order valence-electron chi connectivity index (χ1n) is 6.91. The summed E-state index contributed by atoms with van der Waals surface area (Å²) in [5, 5.41) is 14.1. The molecule has 2 aromatic carbocycles. The van der Waals surface area contributed by atoms with E-state index in [1.807, 2.05) is 0 Å². The molecule has 0 saturated heterocycles. The van der Waals surface area contributed by atoms with Crippen LogP contribution in [0.25, 0.3) is 0 Å². The van der Waals surface area contributed by atoms with Gasteiger partial charge in [-0.1, -0.05) is 34.1 Å². The molecule has 128 valence electrons. The van der Waals surface area contributed by atoms with E-state index in [9.17, 15) is 18.5 Å². The van der Waals surface area contributed by atoms with E-state index in [2.05, 4.69) is 21.2 Å². The van der Waals surface area contributed by atoms with Crippen LogP contribution in [0.4, 0.5) is 11.4 Å². The Morgan fingerprint density at radius 3 is 2.50 bits per heavy atom. The van der Waals surface area contributed by atoms with Gasteiger partial charge in [-0.15, -0.1) is 0 Å². The molecule has 2 aromatic rings. The molecule has 9 heteroatoms. The van der Waals surface area contributed by atoms with Gasteiger partial charge in [0, 0.05) is 31.2 Å². The summed E-state index contributed by atoms with van der Waals surface area (Å²) in [5.74, 6) is 0. The average Bonchev–Trinajstić information content (AvgIpc) is 2.53. The lowest BCUT2D eigenvalue weighted by atomic mass is 10.2. The molecule has 24 heavy (non-hydrogen) atoms. The molecule has 0 atom stereocenters. The Kier molecular flexibility index (Phi) is 5.58. The van der Waals surface area contributed by atoms with Gasteiger partial charge in [0.2, 0.25) is 10.0 Å². The second-order valence-corrected chi connectivity index (χ2v) is 8.20. The van der Waals surface area contributed by atoms with Crippen LogP contribution in [-0.2, 0) is 16.6 Å². The third kappa shape index (κ3) is 3.92. The topological polar surface area (TPSA) is 92.6 Å². The van der Waals surface area contributed by atoms with Crippen LogP contribution >= 0.6 is 15.9 Å². The van der Waals surface area contributed by atoms with Crippen LogP contribution in [0, 0.1) is 10.1 Å². The van der Waals surface area contributed by atoms with Gasteiger partial charge in [0.1, 0.15) is 5.69 Å². The largest absolute Gasteiger partial charge is 0.375 e. The molecule has 1 N–H and O–H groups in total. The van der Waals surface area contributed by atoms with Crippen molar-refractivity contribution in [1.82, 2.24) is 4.31 Å². The maximum Gasteiger partial charge on any atom is 0.293 e. The zero-order chi connectivity index (χ0) is 17.9. The highest BCUT2D eigenvalue weighted by atomic mass is 79.9. The van der Waals surface area contributed by atoms with Crippen molar-refractivity contribution in [3.8, 4) is 0 Å². The van der Waals surface area contributed by atoms with E-state index in [1.54, 1.807) is 30.3 Å². The molecule has 7 nitrogen and oxygen atoms in total. The molecule has 0 radical (unpaired) electrons. The summed E-state index contributed by atoms with van der Waals surface area (Å²) in [6.45, 7) is 0.145. The van der Waals surface area contributed by atoms with E-state index in [4.69, 9.17) is 0 Å². The Morgan fingerprint density at radius 1 is 1.21 bits per heavy atom. The highest BCUT2D eigenvalue weighted by Gasteiger charge is 2.21. The number of hydrogen-bond donors (Lipinski definition) is 1. The molecular weight excluding hydrogens is 398 g/mol. The van der Waals surface area contributed by atoms with Crippen molar-refractivity contribution in [1.29, 1.82) is 0 Å². The van der Waals surface area contributed by atoms with E-state index in [0.29, 0.717) is 15.7 Å². The first kappa shape index (κ1) is 18.4. The Hall–Kier alpha value is -1.97. The van der Waals surface area contributed by atoms with Gasteiger partial charge in [0.15, 0.2) is 0 Å². The Labute approximate surface area is 148 Å². The number of sulfonamides is 1. The third-order valence-corrected chi connectivity index (χ3v) is 5.77. The van der Waals surface area contributed by atoms with Crippen LogP contribution < -0.4 is 5.32 Å². The number of hydrogen-bond acceptors (Lipinski definition) is 5. The van der Waals surface area contributed by atoms with E-state index in [0.717, 1.165) is 4.31 Å². The molecule has 0 aliphatic heterocycles. The van der Waals surface area contributed by atoms with Crippen LogP contribution in [0.2, 0.25) is 0 Å². The lowest BCUT2D eigenvalue weighted by Crippen LogP contribution is -2.23. The average molecular weight is 414 g/mol. The number of nitrogens with zero attached hydrogens (tertiary/aromatic N) is 2. The van der Waals surface area contributed by atoms with Gasteiger partial charge in [-0.2, -0.15) is 0 Å². The molecule has 0 saturated carbocycles. The standard InChI is InChI=1S/C15H16BrN3O4S/c1-18(2)24(22,23)15-6-4-3-5-11(15)10-17-13-8-7-12(16)9-14(13)19(20)21/h3-9,17H,10H2,1-2H3. The maximum absolute atomic E-state index is 12.4. The van der Waals surface area contributed by atoms with Gasteiger partial charge in [-0.25, -0.2) is 12.7 Å². The molecule has 0 aliphatic rings. The number of anilines is 1. The highest BCUT2D eigenvalue weighted by molar-refractivity contribution is 9.10.